The van der Waals surface area contributed by atoms with Gasteiger partial charge in [0, 0.05) is 18.1 Å². The Balaban J connectivity index is 0.000000531. The minimum absolute atomic E-state index is 0.838. The number of hydrogen-bond donors (Lipinski definition) is 0. The van der Waals surface area contributed by atoms with Crippen molar-refractivity contribution in [1.82, 2.24) is 14.4 Å². The molecule has 0 aliphatic rings. The van der Waals surface area contributed by atoms with Crippen molar-refractivity contribution in [2.75, 3.05) is 6.26 Å². The van der Waals surface area contributed by atoms with Gasteiger partial charge < -0.3 is 0 Å². The van der Waals surface area contributed by atoms with Crippen LogP contribution in [0.1, 0.15) is 19.5 Å². The van der Waals surface area contributed by atoms with Crippen LogP contribution in [0.3, 0.4) is 0 Å². The zero-order valence-electron chi connectivity index (χ0n) is 9.28. The molecule has 0 radical (unpaired) electrons. The Morgan fingerprint density at radius 3 is 2.67 bits per heavy atom. The molecule has 2 rings (SSSR count). The summed E-state index contributed by atoms with van der Waals surface area (Å²) in [5.74, 6) is 0. The van der Waals surface area contributed by atoms with Crippen molar-refractivity contribution in [1.29, 1.82) is 0 Å². The van der Waals surface area contributed by atoms with Gasteiger partial charge in [-0.05, 0) is 29.1 Å². The van der Waals surface area contributed by atoms with Gasteiger partial charge in [-0.1, -0.05) is 13.8 Å². The van der Waals surface area contributed by atoms with Crippen molar-refractivity contribution in [2.45, 2.75) is 25.8 Å². The molecule has 2 aromatic rings. The molecular formula is C10H14BrN3S. The molecule has 0 spiro atoms. The van der Waals surface area contributed by atoms with E-state index in [2.05, 4.69) is 25.9 Å². The number of imidazole rings is 1. The van der Waals surface area contributed by atoms with Crippen molar-refractivity contribution in [2.24, 2.45) is 0 Å². The van der Waals surface area contributed by atoms with E-state index in [-0.39, 0.29) is 0 Å². The smallest absolute Gasteiger partial charge is 0.169 e. The lowest BCUT2D eigenvalue weighted by Crippen LogP contribution is -1.92. The summed E-state index contributed by atoms with van der Waals surface area (Å²) >= 11 is 4.97. The molecular weight excluding hydrogens is 274 g/mol. The third-order valence-electron chi connectivity index (χ3n) is 1.81. The van der Waals surface area contributed by atoms with E-state index in [1.807, 2.05) is 43.8 Å². The first kappa shape index (κ1) is 12.5. The molecule has 2 heterocycles. The molecule has 0 amide bonds. The molecule has 0 aromatic carbocycles. The van der Waals surface area contributed by atoms with E-state index in [0.29, 0.717) is 0 Å². The van der Waals surface area contributed by atoms with E-state index in [0.717, 1.165) is 21.0 Å². The number of aromatic nitrogens is 3. The Morgan fingerprint density at radius 2 is 2.07 bits per heavy atom. The fraction of sp³-hybridized carbons (Fsp3) is 0.400. The van der Waals surface area contributed by atoms with Crippen LogP contribution in [0, 0.1) is 6.92 Å². The summed E-state index contributed by atoms with van der Waals surface area (Å²) in [6.45, 7) is 6.02. The Morgan fingerprint density at radius 1 is 1.40 bits per heavy atom. The normalized spacial score (nSPS) is 9.93. The fourth-order valence-corrected chi connectivity index (χ4v) is 2.21. The Hall–Kier alpha value is -0.550. The summed E-state index contributed by atoms with van der Waals surface area (Å²) in [7, 11) is 0. The predicted octanol–water partition coefficient (Wildman–Crippen LogP) is 3.55. The first-order chi connectivity index (χ1) is 7.22. The van der Waals surface area contributed by atoms with Crippen molar-refractivity contribution in [3.8, 4) is 0 Å². The third kappa shape index (κ3) is 2.52. The molecule has 0 atom stereocenters. The minimum Gasteiger partial charge on any atom is -0.299 e. The molecule has 0 saturated carbocycles. The van der Waals surface area contributed by atoms with Gasteiger partial charge in [0.2, 0.25) is 0 Å². The van der Waals surface area contributed by atoms with Gasteiger partial charge in [0.25, 0.3) is 0 Å². The number of nitrogens with zero attached hydrogens (tertiary/aromatic N) is 3. The van der Waals surface area contributed by atoms with Gasteiger partial charge in [0.15, 0.2) is 5.65 Å². The molecule has 5 heteroatoms. The monoisotopic (exact) mass is 287 g/mol. The third-order valence-corrected chi connectivity index (χ3v) is 2.85. The molecule has 0 bridgehead atoms. The zero-order chi connectivity index (χ0) is 11.4. The quantitative estimate of drug-likeness (QED) is 0.752. The molecule has 0 saturated heterocycles. The number of halogens is 1. The van der Waals surface area contributed by atoms with Gasteiger partial charge in [0.05, 0.1) is 0 Å². The molecule has 0 fully saturated rings. The van der Waals surface area contributed by atoms with Crippen LogP contribution < -0.4 is 0 Å². The number of hydrogen-bond acceptors (Lipinski definition) is 3. The highest BCUT2D eigenvalue weighted by atomic mass is 79.9. The van der Waals surface area contributed by atoms with E-state index < -0.39 is 0 Å². The van der Waals surface area contributed by atoms with Crippen molar-refractivity contribution < 1.29 is 0 Å². The number of aryl methyl sites for hydroxylation is 1. The van der Waals surface area contributed by atoms with Crippen LogP contribution in [0.15, 0.2) is 22.0 Å². The average molecular weight is 288 g/mol. The summed E-state index contributed by atoms with van der Waals surface area (Å²) in [4.78, 5) is 8.62. The van der Waals surface area contributed by atoms with Gasteiger partial charge in [-0.15, -0.1) is 11.8 Å². The van der Waals surface area contributed by atoms with Crippen LogP contribution >= 0.6 is 27.7 Å². The second-order valence-electron chi connectivity index (χ2n) is 2.67. The largest absolute Gasteiger partial charge is 0.299 e. The van der Waals surface area contributed by atoms with Crippen LogP contribution in [-0.2, 0) is 0 Å². The van der Waals surface area contributed by atoms with E-state index in [1.54, 1.807) is 11.8 Å². The van der Waals surface area contributed by atoms with Crippen LogP contribution in [0.4, 0.5) is 0 Å². The molecule has 0 N–H and O–H groups in total. The van der Waals surface area contributed by atoms with Gasteiger partial charge in [0.1, 0.15) is 9.63 Å². The number of rotatable bonds is 1. The minimum atomic E-state index is 0.838. The predicted molar refractivity (Wildman–Crippen MR) is 68.6 cm³/mol. The topological polar surface area (TPSA) is 30.2 Å². The van der Waals surface area contributed by atoms with E-state index >= 15 is 0 Å². The second kappa shape index (κ2) is 5.51. The Labute approximate surface area is 102 Å². The summed E-state index contributed by atoms with van der Waals surface area (Å²) in [5, 5.41) is 0.947. The van der Waals surface area contributed by atoms with E-state index in [4.69, 9.17) is 0 Å². The van der Waals surface area contributed by atoms with Crippen molar-refractivity contribution >= 4 is 33.3 Å². The number of fused-ring (bicyclic) bond motifs is 1. The zero-order valence-corrected chi connectivity index (χ0v) is 11.7. The molecule has 0 aliphatic carbocycles. The van der Waals surface area contributed by atoms with Crippen molar-refractivity contribution in [3.63, 3.8) is 0 Å². The molecule has 82 valence electrons. The van der Waals surface area contributed by atoms with Crippen LogP contribution in [0.5, 0.6) is 0 Å². The maximum atomic E-state index is 4.33. The van der Waals surface area contributed by atoms with Gasteiger partial charge >= 0.3 is 0 Å². The van der Waals surface area contributed by atoms with E-state index in [9.17, 15) is 0 Å². The summed E-state index contributed by atoms with van der Waals surface area (Å²) in [6, 6.07) is 0. The summed E-state index contributed by atoms with van der Waals surface area (Å²) < 4.78 is 2.87. The lowest BCUT2D eigenvalue weighted by Gasteiger charge is -2.01. The maximum absolute atomic E-state index is 4.33. The first-order valence-corrected chi connectivity index (χ1v) is 6.78. The highest BCUT2D eigenvalue weighted by Gasteiger charge is 2.06. The standard InChI is InChI=1S/C8H8BrN3S.C2H6/c1-5-3-10-7-8(13-2)11-6(9)4-12(5)7;1-2/h3-4H,1-2H3;1-2H3. The van der Waals surface area contributed by atoms with Crippen LogP contribution in [0.2, 0.25) is 0 Å². The lowest BCUT2D eigenvalue weighted by molar-refractivity contribution is 0.987. The number of thioether (sulfide) groups is 1. The van der Waals surface area contributed by atoms with Crippen LogP contribution in [-0.4, -0.2) is 20.6 Å². The Kier molecular flexibility index (Phi) is 4.60. The molecule has 0 unspecified atom stereocenters. The van der Waals surface area contributed by atoms with Gasteiger partial charge in [-0.3, -0.25) is 4.40 Å². The van der Waals surface area contributed by atoms with Gasteiger partial charge in [-0.25, -0.2) is 9.97 Å². The summed E-state index contributed by atoms with van der Waals surface area (Å²) in [5.41, 5.74) is 2.04. The van der Waals surface area contributed by atoms with Gasteiger partial charge in [-0.2, -0.15) is 0 Å². The summed E-state index contributed by atoms with van der Waals surface area (Å²) in [6.07, 6.45) is 5.78. The second-order valence-corrected chi connectivity index (χ2v) is 4.27. The lowest BCUT2D eigenvalue weighted by atomic mass is 10.5. The highest BCUT2D eigenvalue weighted by molar-refractivity contribution is 9.10. The van der Waals surface area contributed by atoms with E-state index in [1.165, 1.54) is 0 Å². The van der Waals surface area contributed by atoms with Crippen LogP contribution in [0.25, 0.3) is 5.65 Å². The Bertz CT molecular complexity index is 453. The fourth-order valence-electron chi connectivity index (χ4n) is 1.19. The highest BCUT2D eigenvalue weighted by Crippen LogP contribution is 2.21. The molecule has 2 aromatic heterocycles. The SMILES string of the molecule is CC.CSc1nc(Br)cn2c(C)cnc12. The first-order valence-electron chi connectivity index (χ1n) is 4.76. The van der Waals surface area contributed by atoms with Crippen molar-refractivity contribution in [3.05, 3.63) is 22.7 Å². The molecule has 3 nitrogen and oxygen atoms in total. The molecule has 15 heavy (non-hydrogen) atoms. The maximum Gasteiger partial charge on any atom is 0.169 e. The molecule has 0 aliphatic heterocycles. The average Bonchev–Trinajstić information content (AvgIpc) is 2.62.